The molecule has 1 aromatic carbocycles. The number of hydrogen-bond acceptors (Lipinski definition) is 4. The van der Waals surface area contributed by atoms with Gasteiger partial charge in [-0.3, -0.25) is 0 Å². The van der Waals surface area contributed by atoms with E-state index in [0.717, 1.165) is 26.3 Å². The van der Waals surface area contributed by atoms with Gasteiger partial charge in [0, 0.05) is 40.3 Å². The Balaban J connectivity index is 1.79. The first-order valence-corrected chi connectivity index (χ1v) is 9.28. The number of nitrogens with zero attached hydrogens (tertiary/aromatic N) is 1. The summed E-state index contributed by atoms with van der Waals surface area (Å²) in [5.41, 5.74) is 5.34. The van der Waals surface area contributed by atoms with Crippen LogP contribution < -0.4 is 4.90 Å². The van der Waals surface area contributed by atoms with Crippen molar-refractivity contribution in [2.45, 2.75) is 0 Å². The number of benzene rings is 1. The van der Waals surface area contributed by atoms with Crippen LogP contribution in [0.1, 0.15) is 0 Å². The van der Waals surface area contributed by atoms with Crippen LogP contribution in [0.5, 0.6) is 0 Å². The maximum atomic E-state index is 5.50. The molecule has 0 bridgehead atoms. The van der Waals surface area contributed by atoms with Gasteiger partial charge in [0.15, 0.2) is 0 Å². The molecule has 0 amide bonds. The van der Waals surface area contributed by atoms with E-state index in [1.54, 1.807) is 22.7 Å². The van der Waals surface area contributed by atoms with E-state index in [9.17, 15) is 0 Å². The van der Waals surface area contributed by atoms with E-state index >= 15 is 0 Å². The Morgan fingerprint density at radius 1 is 0.864 bits per heavy atom. The zero-order valence-electron chi connectivity index (χ0n) is 12.2. The molecule has 4 rings (SSSR count). The molecule has 0 radical (unpaired) electrons. The molecule has 4 heteroatoms. The summed E-state index contributed by atoms with van der Waals surface area (Å²) >= 11 is 3.58. The lowest BCUT2D eigenvalue weighted by Gasteiger charge is -2.30. The SMILES string of the molecule is c1csc(-c2cscc2-c2ccccc2N2CCOCC2)c1. The average molecular weight is 327 g/mol. The van der Waals surface area contributed by atoms with E-state index < -0.39 is 0 Å². The molecule has 1 aliphatic heterocycles. The van der Waals surface area contributed by atoms with Crippen LogP contribution in [0.4, 0.5) is 5.69 Å². The molecule has 1 saturated heterocycles. The summed E-state index contributed by atoms with van der Waals surface area (Å²) < 4.78 is 5.50. The fraction of sp³-hybridized carbons (Fsp3) is 0.222. The molecule has 3 heterocycles. The van der Waals surface area contributed by atoms with Crippen LogP contribution in [0.25, 0.3) is 21.6 Å². The second-order valence-corrected chi connectivity index (χ2v) is 6.98. The monoisotopic (exact) mass is 327 g/mol. The molecule has 1 aliphatic rings. The van der Waals surface area contributed by atoms with Gasteiger partial charge in [-0.05, 0) is 28.3 Å². The van der Waals surface area contributed by atoms with Crippen molar-refractivity contribution in [1.29, 1.82) is 0 Å². The Hall–Kier alpha value is -1.62. The predicted molar refractivity (Wildman–Crippen MR) is 96.1 cm³/mol. The van der Waals surface area contributed by atoms with Gasteiger partial charge >= 0.3 is 0 Å². The minimum absolute atomic E-state index is 0.815. The second kappa shape index (κ2) is 6.24. The first kappa shape index (κ1) is 14.0. The number of anilines is 1. The second-order valence-electron chi connectivity index (χ2n) is 5.29. The van der Waals surface area contributed by atoms with Crippen molar-refractivity contribution in [3.8, 4) is 21.6 Å². The lowest BCUT2D eigenvalue weighted by atomic mass is 10.0. The number of para-hydroxylation sites is 1. The van der Waals surface area contributed by atoms with Gasteiger partial charge in [-0.1, -0.05) is 24.3 Å². The van der Waals surface area contributed by atoms with Crippen LogP contribution in [0.2, 0.25) is 0 Å². The normalized spacial score (nSPS) is 15.2. The minimum atomic E-state index is 0.815. The molecule has 0 spiro atoms. The van der Waals surface area contributed by atoms with Crippen molar-refractivity contribution in [1.82, 2.24) is 0 Å². The Morgan fingerprint density at radius 2 is 1.68 bits per heavy atom. The van der Waals surface area contributed by atoms with Crippen LogP contribution in [-0.4, -0.2) is 26.3 Å². The van der Waals surface area contributed by atoms with Gasteiger partial charge in [0.05, 0.1) is 13.2 Å². The highest BCUT2D eigenvalue weighted by molar-refractivity contribution is 7.14. The zero-order valence-corrected chi connectivity index (χ0v) is 13.8. The number of rotatable bonds is 3. The van der Waals surface area contributed by atoms with Gasteiger partial charge in [-0.15, -0.1) is 11.3 Å². The van der Waals surface area contributed by atoms with Gasteiger partial charge in [-0.2, -0.15) is 11.3 Å². The van der Waals surface area contributed by atoms with E-state index in [2.05, 4.69) is 57.4 Å². The van der Waals surface area contributed by atoms with Crippen LogP contribution in [0.3, 0.4) is 0 Å². The van der Waals surface area contributed by atoms with Crippen molar-refractivity contribution in [2.75, 3.05) is 31.2 Å². The molecule has 0 saturated carbocycles. The Labute approximate surface area is 138 Å². The lowest BCUT2D eigenvalue weighted by Crippen LogP contribution is -2.36. The molecule has 0 aliphatic carbocycles. The molecular weight excluding hydrogens is 310 g/mol. The zero-order chi connectivity index (χ0) is 14.8. The maximum Gasteiger partial charge on any atom is 0.0642 e. The van der Waals surface area contributed by atoms with E-state index in [-0.39, 0.29) is 0 Å². The molecule has 0 N–H and O–H groups in total. The molecule has 0 atom stereocenters. The largest absolute Gasteiger partial charge is 0.378 e. The molecule has 2 aromatic heterocycles. The Morgan fingerprint density at radius 3 is 2.50 bits per heavy atom. The van der Waals surface area contributed by atoms with Crippen LogP contribution in [0, 0.1) is 0 Å². The molecular formula is C18H17NOS2. The quantitative estimate of drug-likeness (QED) is 0.672. The van der Waals surface area contributed by atoms with Crippen LogP contribution in [0.15, 0.2) is 52.5 Å². The van der Waals surface area contributed by atoms with Crippen LogP contribution >= 0.6 is 22.7 Å². The third-order valence-electron chi connectivity index (χ3n) is 3.99. The minimum Gasteiger partial charge on any atom is -0.378 e. The maximum absolute atomic E-state index is 5.50. The fourth-order valence-corrected chi connectivity index (χ4v) is 4.59. The molecule has 3 aromatic rings. The fourth-order valence-electron chi connectivity index (χ4n) is 2.91. The van der Waals surface area contributed by atoms with Crippen molar-refractivity contribution >= 4 is 28.4 Å². The molecule has 22 heavy (non-hydrogen) atoms. The van der Waals surface area contributed by atoms with Gasteiger partial charge in [0.1, 0.15) is 0 Å². The van der Waals surface area contributed by atoms with E-state index in [0.29, 0.717) is 0 Å². The number of ether oxygens (including phenoxy) is 1. The molecule has 2 nitrogen and oxygen atoms in total. The number of hydrogen-bond donors (Lipinski definition) is 0. The highest BCUT2D eigenvalue weighted by atomic mass is 32.1. The number of thiophene rings is 2. The van der Waals surface area contributed by atoms with Crippen molar-refractivity contribution in [3.05, 3.63) is 52.5 Å². The van der Waals surface area contributed by atoms with Gasteiger partial charge in [0.25, 0.3) is 0 Å². The first-order chi connectivity index (χ1) is 10.9. The number of morpholine rings is 1. The molecule has 0 unspecified atom stereocenters. The first-order valence-electron chi connectivity index (χ1n) is 7.45. The van der Waals surface area contributed by atoms with Crippen molar-refractivity contribution in [2.24, 2.45) is 0 Å². The summed E-state index contributed by atoms with van der Waals surface area (Å²) in [6.45, 7) is 3.57. The van der Waals surface area contributed by atoms with E-state index in [4.69, 9.17) is 4.74 Å². The van der Waals surface area contributed by atoms with Crippen molar-refractivity contribution < 1.29 is 4.74 Å². The topological polar surface area (TPSA) is 12.5 Å². The van der Waals surface area contributed by atoms with Gasteiger partial charge in [0.2, 0.25) is 0 Å². The lowest BCUT2D eigenvalue weighted by molar-refractivity contribution is 0.123. The highest BCUT2D eigenvalue weighted by Gasteiger charge is 2.18. The van der Waals surface area contributed by atoms with Gasteiger partial charge < -0.3 is 9.64 Å². The van der Waals surface area contributed by atoms with Gasteiger partial charge in [-0.25, -0.2) is 0 Å². The third-order valence-corrected chi connectivity index (χ3v) is 5.64. The summed E-state index contributed by atoms with van der Waals surface area (Å²) in [5, 5.41) is 6.68. The molecule has 1 fully saturated rings. The Bertz CT molecular complexity index is 742. The summed E-state index contributed by atoms with van der Waals surface area (Å²) in [6, 6.07) is 13.1. The van der Waals surface area contributed by atoms with E-state index in [1.807, 2.05) is 0 Å². The Kier molecular flexibility index (Phi) is 3.97. The summed E-state index contributed by atoms with van der Waals surface area (Å²) in [6.07, 6.45) is 0. The summed E-state index contributed by atoms with van der Waals surface area (Å²) in [4.78, 5) is 3.78. The standard InChI is InChI=1S/C18H17NOS2/c1-2-5-17(19-7-9-20-10-8-19)14(4-1)15-12-21-13-16(15)18-6-3-11-22-18/h1-6,11-13H,7-10H2. The van der Waals surface area contributed by atoms with Crippen molar-refractivity contribution in [3.63, 3.8) is 0 Å². The van der Waals surface area contributed by atoms with Crippen LogP contribution in [-0.2, 0) is 4.74 Å². The highest BCUT2D eigenvalue weighted by Crippen LogP contribution is 2.41. The smallest absolute Gasteiger partial charge is 0.0642 e. The summed E-state index contributed by atoms with van der Waals surface area (Å²) in [7, 11) is 0. The van der Waals surface area contributed by atoms with E-state index in [1.165, 1.54) is 27.3 Å². The predicted octanol–water partition coefficient (Wildman–Crippen LogP) is 4.98. The third kappa shape index (κ3) is 2.58. The summed E-state index contributed by atoms with van der Waals surface area (Å²) in [5.74, 6) is 0. The molecule has 112 valence electrons. The average Bonchev–Trinajstić information content (AvgIpc) is 3.26.